The molecule has 2 N–H and O–H groups in total. The lowest BCUT2D eigenvalue weighted by Gasteiger charge is -2.32. The molecule has 0 spiro atoms. The maximum atomic E-state index is 11.7. The van der Waals surface area contributed by atoms with Crippen molar-refractivity contribution in [3.8, 4) is 0 Å². The third-order valence-corrected chi connectivity index (χ3v) is 4.12. The molecule has 0 aromatic heterocycles. The molecule has 0 unspecified atom stereocenters. The summed E-state index contributed by atoms with van der Waals surface area (Å²) in [5, 5.41) is 6.32. The fourth-order valence-electron chi connectivity index (χ4n) is 2.00. The second-order valence-electron chi connectivity index (χ2n) is 5.02. The molecule has 0 aromatic rings. The molecule has 0 radical (unpaired) electrons. The number of thioether (sulfide) groups is 1. The number of nitrogens with zero attached hydrogens (tertiary/aromatic N) is 1. The lowest BCUT2D eigenvalue weighted by Crippen LogP contribution is -2.49. The first-order chi connectivity index (χ1) is 9.02. The van der Waals surface area contributed by atoms with Crippen molar-refractivity contribution in [2.24, 2.45) is 0 Å². The van der Waals surface area contributed by atoms with E-state index in [1.807, 2.05) is 11.8 Å². The third-order valence-electron chi connectivity index (χ3n) is 3.02. The molecule has 1 aliphatic rings. The predicted octanol–water partition coefficient (Wildman–Crippen LogP) is 1.44. The number of amides is 3. The zero-order chi connectivity index (χ0) is 14.3. The van der Waals surface area contributed by atoms with Gasteiger partial charge in [0, 0.05) is 25.7 Å². The Labute approximate surface area is 119 Å². The molecule has 0 bridgehead atoms. The van der Waals surface area contributed by atoms with Crippen molar-refractivity contribution < 1.29 is 9.59 Å². The van der Waals surface area contributed by atoms with Gasteiger partial charge < -0.3 is 15.5 Å². The Bertz CT molecular complexity index is 302. The number of nitrogens with one attached hydrogen (secondary N) is 2. The number of piperidine rings is 1. The molecule has 5 nitrogen and oxygen atoms in total. The molecule has 3 amide bonds. The predicted molar refractivity (Wildman–Crippen MR) is 79.4 cm³/mol. The van der Waals surface area contributed by atoms with Crippen molar-refractivity contribution in [3.05, 3.63) is 0 Å². The highest BCUT2D eigenvalue weighted by Crippen LogP contribution is 2.12. The minimum atomic E-state index is 0.00244. The maximum absolute atomic E-state index is 11.7. The van der Waals surface area contributed by atoms with Crippen LogP contribution in [0.25, 0.3) is 0 Å². The van der Waals surface area contributed by atoms with Crippen molar-refractivity contribution in [1.82, 2.24) is 15.5 Å². The first-order valence-corrected chi connectivity index (χ1v) is 8.01. The average Bonchev–Trinajstić information content (AvgIpc) is 2.37. The monoisotopic (exact) mass is 287 g/mol. The fraction of sp³-hybridized carbons (Fsp3) is 0.846. The highest BCUT2D eigenvalue weighted by atomic mass is 32.2. The highest BCUT2D eigenvalue weighted by Gasteiger charge is 2.23. The van der Waals surface area contributed by atoms with Crippen LogP contribution in [-0.4, -0.2) is 53.5 Å². The van der Waals surface area contributed by atoms with E-state index in [4.69, 9.17) is 0 Å². The Morgan fingerprint density at radius 3 is 2.47 bits per heavy atom. The lowest BCUT2D eigenvalue weighted by atomic mass is 10.1. The van der Waals surface area contributed by atoms with Crippen molar-refractivity contribution in [1.29, 1.82) is 0 Å². The highest BCUT2D eigenvalue weighted by molar-refractivity contribution is 8.00. The van der Waals surface area contributed by atoms with Crippen LogP contribution in [0.5, 0.6) is 0 Å². The molecular formula is C13H25N3O2S. The average molecular weight is 287 g/mol. The quantitative estimate of drug-likeness (QED) is 0.804. The number of rotatable bonds is 5. The van der Waals surface area contributed by atoms with Crippen LogP contribution in [0.1, 0.15) is 33.6 Å². The van der Waals surface area contributed by atoms with Crippen LogP contribution >= 0.6 is 11.8 Å². The molecule has 19 heavy (non-hydrogen) atoms. The summed E-state index contributed by atoms with van der Waals surface area (Å²) in [5.41, 5.74) is 0. The minimum Gasteiger partial charge on any atom is -0.353 e. The smallest absolute Gasteiger partial charge is 0.317 e. The van der Waals surface area contributed by atoms with E-state index in [0.717, 1.165) is 12.8 Å². The molecule has 1 fully saturated rings. The van der Waals surface area contributed by atoms with Crippen LogP contribution in [0.3, 0.4) is 0 Å². The number of carbonyl (C=O) groups is 2. The first kappa shape index (κ1) is 16.1. The van der Waals surface area contributed by atoms with Gasteiger partial charge in [-0.15, -0.1) is 11.8 Å². The van der Waals surface area contributed by atoms with E-state index < -0.39 is 0 Å². The molecule has 0 aromatic carbocycles. The molecule has 0 aliphatic carbocycles. The molecule has 1 rings (SSSR count). The van der Waals surface area contributed by atoms with Crippen molar-refractivity contribution >= 4 is 23.7 Å². The summed E-state index contributed by atoms with van der Waals surface area (Å²) in [7, 11) is 0. The van der Waals surface area contributed by atoms with Crippen LogP contribution in [0.15, 0.2) is 0 Å². The molecule has 110 valence electrons. The third kappa shape index (κ3) is 6.18. The lowest BCUT2D eigenvalue weighted by molar-refractivity contribution is -0.119. The molecule has 1 heterocycles. The molecule has 1 aliphatic heterocycles. The summed E-state index contributed by atoms with van der Waals surface area (Å²) < 4.78 is 0. The van der Waals surface area contributed by atoms with E-state index in [9.17, 15) is 9.59 Å². The van der Waals surface area contributed by atoms with Gasteiger partial charge >= 0.3 is 6.03 Å². The normalized spacial score (nSPS) is 16.5. The summed E-state index contributed by atoms with van der Waals surface area (Å²) in [6.45, 7) is 8.17. The number of hydrogen-bond donors (Lipinski definition) is 2. The molecular weight excluding hydrogens is 262 g/mol. The van der Waals surface area contributed by atoms with Crippen LogP contribution < -0.4 is 10.6 Å². The Hall–Kier alpha value is -0.910. The largest absolute Gasteiger partial charge is 0.353 e. The summed E-state index contributed by atoms with van der Waals surface area (Å²) >= 11 is 1.65. The van der Waals surface area contributed by atoms with Gasteiger partial charge in [0.05, 0.1) is 5.75 Å². The van der Waals surface area contributed by atoms with Gasteiger partial charge in [-0.25, -0.2) is 4.79 Å². The Kier molecular flexibility index (Phi) is 7.05. The number of carbonyl (C=O) groups excluding carboxylic acids is 2. The van der Waals surface area contributed by atoms with E-state index in [1.165, 1.54) is 0 Å². The van der Waals surface area contributed by atoms with Crippen LogP contribution in [0.4, 0.5) is 4.79 Å². The topological polar surface area (TPSA) is 61.4 Å². The van der Waals surface area contributed by atoms with E-state index in [-0.39, 0.29) is 18.0 Å². The van der Waals surface area contributed by atoms with Gasteiger partial charge in [-0.05, 0) is 25.0 Å². The standard InChI is InChI=1S/C13H25N3O2S/c1-4-14-13(18)16-7-5-11(6-8-16)15-12(17)9-19-10(2)3/h10-11H,4-9H2,1-3H3,(H,14,18)(H,15,17). The van der Waals surface area contributed by atoms with E-state index in [2.05, 4.69) is 24.5 Å². The van der Waals surface area contributed by atoms with Gasteiger partial charge in [0.1, 0.15) is 0 Å². The van der Waals surface area contributed by atoms with Crippen molar-refractivity contribution in [3.63, 3.8) is 0 Å². The van der Waals surface area contributed by atoms with Crippen LogP contribution in [0.2, 0.25) is 0 Å². The van der Waals surface area contributed by atoms with Gasteiger partial charge in [-0.3, -0.25) is 4.79 Å². The SMILES string of the molecule is CCNC(=O)N1CCC(NC(=O)CSC(C)C)CC1. The van der Waals surface area contributed by atoms with Gasteiger partial charge in [0.2, 0.25) is 5.91 Å². The molecule has 1 saturated heterocycles. The second-order valence-corrected chi connectivity index (χ2v) is 6.59. The zero-order valence-electron chi connectivity index (χ0n) is 12.1. The van der Waals surface area contributed by atoms with Gasteiger partial charge in [0.15, 0.2) is 0 Å². The van der Waals surface area contributed by atoms with E-state index in [1.54, 1.807) is 11.8 Å². The van der Waals surface area contributed by atoms with Crippen molar-refractivity contribution in [2.75, 3.05) is 25.4 Å². The van der Waals surface area contributed by atoms with Crippen molar-refractivity contribution in [2.45, 2.75) is 44.9 Å². The Balaban J connectivity index is 2.22. The zero-order valence-corrected chi connectivity index (χ0v) is 12.9. The molecule has 6 heteroatoms. The number of hydrogen-bond acceptors (Lipinski definition) is 3. The summed E-state index contributed by atoms with van der Waals surface area (Å²) in [6.07, 6.45) is 1.68. The maximum Gasteiger partial charge on any atom is 0.317 e. The molecule has 0 atom stereocenters. The fourth-order valence-corrected chi connectivity index (χ4v) is 2.57. The second kappa shape index (κ2) is 8.30. The van der Waals surface area contributed by atoms with Crippen LogP contribution in [0, 0.1) is 0 Å². The summed E-state index contributed by atoms with van der Waals surface area (Å²) in [4.78, 5) is 25.2. The Morgan fingerprint density at radius 1 is 1.32 bits per heavy atom. The van der Waals surface area contributed by atoms with E-state index in [0.29, 0.717) is 30.6 Å². The minimum absolute atomic E-state index is 0.00244. The van der Waals surface area contributed by atoms with Crippen LogP contribution in [-0.2, 0) is 4.79 Å². The van der Waals surface area contributed by atoms with E-state index >= 15 is 0 Å². The van der Waals surface area contributed by atoms with Gasteiger partial charge in [-0.1, -0.05) is 13.8 Å². The number of likely N-dealkylation sites (tertiary alicyclic amines) is 1. The Morgan fingerprint density at radius 2 is 1.95 bits per heavy atom. The summed E-state index contributed by atoms with van der Waals surface area (Å²) in [5.74, 6) is 0.629. The summed E-state index contributed by atoms with van der Waals surface area (Å²) in [6, 6.07) is 0.216. The van der Waals surface area contributed by atoms with Gasteiger partial charge in [-0.2, -0.15) is 0 Å². The molecule has 0 saturated carbocycles. The van der Waals surface area contributed by atoms with Gasteiger partial charge in [0.25, 0.3) is 0 Å². The number of urea groups is 1. The first-order valence-electron chi connectivity index (χ1n) is 6.96.